The standard InChI is InChI=1S/C21H41O3PS/c1-7-10-17-25(6,18-11-8-2,19-12-9-3)24-26(22,23)21(5)16-14-13-15-20(21)4/h13-16,20H,7-12,17-19H2,1-6H3. The minimum absolute atomic E-state index is 0.0881. The van der Waals surface area contributed by atoms with Crippen LogP contribution in [-0.4, -0.2) is 38.3 Å². The zero-order valence-electron chi connectivity index (χ0n) is 17.8. The van der Waals surface area contributed by atoms with Crippen LogP contribution in [0.4, 0.5) is 0 Å². The summed E-state index contributed by atoms with van der Waals surface area (Å²) in [5.41, 5.74) is 0. The zero-order chi connectivity index (χ0) is 19.9. The molecule has 26 heavy (non-hydrogen) atoms. The van der Waals surface area contributed by atoms with Gasteiger partial charge in [-0.1, -0.05) is 0 Å². The van der Waals surface area contributed by atoms with Gasteiger partial charge in [-0.15, -0.1) is 0 Å². The Morgan fingerprint density at radius 2 is 1.42 bits per heavy atom. The van der Waals surface area contributed by atoms with Gasteiger partial charge in [0, 0.05) is 0 Å². The number of allylic oxidation sites excluding steroid dienone is 3. The van der Waals surface area contributed by atoms with E-state index in [0.717, 1.165) is 57.0 Å². The molecule has 154 valence electrons. The Balaban J connectivity index is 3.32. The van der Waals surface area contributed by atoms with E-state index < -0.39 is 21.7 Å². The van der Waals surface area contributed by atoms with E-state index in [0.29, 0.717) is 0 Å². The van der Waals surface area contributed by atoms with Crippen LogP contribution in [0.1, 0.15) is 73.1 Å². The van der Waals surface area contributed by atoms with Crippen LogP contribution in [-0.2, 0) is 14.1 Å². The number of rotatable bonds is 12. The third kappa shape index (κ3) is 5.42. The van der Waals surface area contributed by atoms with E-state index in [4.69, 9.17) is 3.97 Å². The van der Waals surface area contributed by atoms with Crippen molar-refractivity contribution in [2.45, 2.75) is 77.9 Å². The Hall–Kier alpha value is -0.180. The molecular formula is C21H41O3PS. The van der Waals surface area contributed by atoms with Crippen molar-refractivity contribution in [3.63, 3.8) is 0 Å². The van der Waals surface area contributed by atoms with Crippen molar-refractivity contribution in [2.24, 2.45) is 5.92 Å². The van der Waals surface area contributed by atoms with Crippen LogP contribution in [0.5, 0.6) is 0 Å². The van der Waals surface area contributed by atoms with Gasteiger partial charge in [0.05, 0.1) is 0 Å². The first-order valence-corrected chi connectivity index (χ1v) is 15.0. The van der Waals surface area contributed by atoms with E-state index in [-0.39, 0.29) is 5.92 Å². The predicted molar refractivity (Wildman–Crippen MR) is 118 cm³/mol. The Labute approximate surface area is 162 Å². The molecular weight excluding hydrogens is 363 g/mol. The molecule has 0 spiro atoms. The molecule has 3 nitrogen and oxygen atoms in total. The second-order valence-electron chi connectivity index (χ2n) is 8.67. The monoisotopic (exact) mass is 404 g/mol. The first-order valence-electron chi connectivity index (χ1n) is 10.4. The van der Waals surface area contributed by atoms with Gasteiger partial charge in [0.1, 0.15) is 0 Å². The molecule has 0 N–H and O–H groups in total. The molecule has 1 aliphatic rings. The Morgan fingerprint density at radius 3 is 1.81 bits per heavy atom. The van der Waals surface area contributed by atoms with Crippen molar-refractivity contribution < 1.29 is 12.4 Å². The minimum atomic E-state index is -3.72. The fraction of sp³-hybridized carbons (Fsp3) is 0.810. The number of hydrogen-bond acceptors (Lipinski definition) is 3. The van der Waals surface area contributed by atoms with Crippen LogP contribution in [0.3, 0.4) is 0 Å². The molecule has 0 aromatic carbocycles. The quantitative estimate of drug-likeness (QED) is 0.356. The molecule has 0 bridgehead atoms. The topological polar surface area (TPSA) is 43.4 Å². The van der Waals surface area contributed by atoms with Crippen LogP contribution in [0.25, 0.3) is 0 Å². The van der Waals surface area contributed by atoms with Crippen LogP contribution >= 0.6 is 6.83 Å². The molecule has 0 amide bonds. The van der Waals surface area contributed by atoms with Gasteiger partial charge in [0.2, 0.25) is 0 Å². The maximum atomic E-state index is 13.6. The van der Waals surface area contributed by atoms with Gasteiger partial charge < -0.3 is 0 Å². The molecule has 1 aliphatic carbocycles. The van der Waals surface area contributed by atoms with Crippen molar-refractivity contribution >= 4 is 16.9 Å². The molecule has 0 saturated heterocycles. The van der Waals surface area contributed by atoms with Crippen LogP contribution in [0.15, 0.2) is 24.3 Å². The summed E-state index contributed by atoms with van der Waals surface area (Å²) < 4.78 is 32.6. The summed E-state index contributed by atoms with van der Waals surface area (Å²) >= 11 is 0. The summed E-state index contributed by atoms with van der Waals surface area (Å²) in [4.78, 5) is 0. The maximum absolute atomic E-state index is 13.6. The summed E-state index contributed by atoms with van der Waals surface area (Å²) in [6.45, 7) is 9.71. The van der Waals surface area contributed by atoms with E-state index in [9.17, 15) is 8.42 Å². The van der Waals surface area contributed by atoms with Crippen molar-refractivity contribution in [3.8, 4) is 0 Å². The Morgan fingerprint density at radius 1 is 0.962 bits per heavy atom. The Kier molecular flexibility index (Phi) is 8.58. The molecule has 0 fully saturated rings. The van der Waals surface area contributed by atoms with E-state index in [2.05, 4.69) is 27.4 Å². The predicted octanol–water partition coefficient (Wildman–Crippen LogP) is 6.35. The van der Waals surface area contributed by atoms with E-state index >= 15 is 0 Å². The molecule has 5 heteroatoms. The normalized spacial score (nSPS) is 25.2. The van der Waals surface area contributed by atoms with Gasteiger partial charge in [0.15, 0.2) is 0 Å². The van der Waals surface area contributed by atoms with Crippen molar-refractivity contribution in [1.29, 1.82) is 0 Å². The van der Waals surface area contributed by atoms with Crippen LogP contribution in [0, 0.1) is 5.92 Å². The molecule has 0 aliphatic heterocycles. The van der Waals surface area contributed by atoms with Gasteiger partial charge >= 0.3 is 163 Å². The summed E-state index contributed by atoms with van der Waals surface area (Å²) in [6, 6.07) is 0. The third-order valence-electron chi connectivity index (χ3n) is 6.14. The second kappa shape index (κ2) is 9.34. The van der Waals surface area contributed by atoms with Crippen molar-refractivity contribution in [2.75, 3.05) is 25.2 Å². The molecule has 0 aromatic heterocycles. The van der Waals surface area contributed by atoms with Crippen LogP contribution < -0.4 is 0 Å². The van der Waals surface area contributed by atoms with Crippen LogP contribution in [0.2, 0.25) is 0 Å². The molecule has 2 unspecified atom stereocenters. The first kappa shape index (κ1) is 23.9. The number of hydrogen-bond donors (Lipinski definition) is 0. The molecule has 0 heterocycles. The SMILES string of the molecule is CCCCP(C)(CCCC)(CCCC)OS(=O)(=O)C1(C)C=CC=CC1C. The fourth-order valence-electron chi connectivity index (χ4n) is 3.78. The third-order valence-corrected chi connectivity index (χ3v) is 15.1. The fourth-order valence-corrected chi connectivity index (χ4v) is 12.8. The summed E-state index contributed by atoms with van der Waals surface area (Å²) in [5.74, 6) is -0.0881. The average molecular weight is 405 g/mol. The summed E-state index contributed by atoms with van der Waals surface area (Å²) in [7, 11) is -3.72. The van der Waals surface area contributed by atoms with Gasteiger partial charge in [-0.25, -0.2) is 0 Å². The van der Waals surface area contributed by atoms with E-state index in [1.165, 1.54) is 0 Å². The average Bonchev–Trinajstić information content (AvgIpc) is 2.59. The molecule has 0 saturated carbocycles. The van der Waals surface area contributed by atoms with Crippen molar-refractivity contribution in [1.82, 2.24) is 0 Å². The summed E-state index contributed by atoms with van der Waals surface area (Å²) in [5, 5.41) is 0. The van der Waals surface area contributed by atoms with Gasteiger partial charge in [0.25, 0.3) is 0 Å². The Bertz CT molecular complexity index is 584. The first-order chi connectivity index (χ1) is 12.1. The van der Waals surface area contributed by atoms with Gasteiger partial charge in [-0.3, -0.25) is 0 Å². The molecule has 0 aromatic rings. The van der Waals surface area contributed by atoms with Gasteiger partial charge in [-0.05, 0) is 0 Å². The molecule has 0 radical (unpaired) electrons. The zero-order valence-corrected chi connectivity index (χ0v) is 19.5. The van der Waals surface area contributed by atoms with Crippen molar-refractivity contribution in [3.05, 3.63) is 24.3 Å². The van der Waals surface area contributed by atoms with E-state index in [1.54, 1.807) is 0 Å². The molecule has 1 rings (SSSR count). The number of unbranched alkanes of at least 4 members (excludes halogenated alkanes) is 3. The van der Waals surface area contributed by atoms with E-state index in [1.807, 2.05) is 38.2 Å². The second-order valence-corrected chi connectivity index (χ2v) is 16.8. The molecule has 2 atom stereocenters. The van der Waals surface area contributed by atoms with Gasteiger partial charge in [-0.2, -0.15) is 0 Å². The summed E-state index contributed by atoms with van der Waals surface area (Å²) in [6.07, 6.45) is 16.7.